The molecule has 2 saturated heterocycles. The summed E-state index contributed by atoms with van der Waals surface area (Å²) in [5, 5.41) is 0. The topological polar surface area (TPSA) is 55.6 Å². The summed E-state index contributed by atoms with van der Waals surface area (Å²) in [5.41, 5.74) is 5.34. The number of primary amides is 1. The number of nitrogens with two attached hydrogens (primary N) is 1. The van der Waals surface area contributed by atoms with Crippen LogP contribution in [0.15, 0.2) is 6.07 Å². The summed E-state index contributed by atoms with van der Waals surface area (Å²) in [5.74, 6) is -1.55. The van der Waals surface area contributed by atoms with E-state index < -0.39 is 17.5 Å². The van der Waals surface area contributed by atoms with Gasteiger partial charge in [-0.1, -0.05) is 0 Å². The highest BCUT2D eigenvalue weighted by Gasteiger charge is 2.28. The summed E-state index contributed by atoms with van der Waals surface area (Å²) in [4.78, 5) is 13.9. The van der Waals surface area contributed by atoms with Gasteiger partial charge < -0.3 is 15.4 Å². The zero-order chi connectivity index (χ0) is 18.0. The highest BCUT2D eigenvalue weighted by molar-refractivity contribution is 5.93. The van der Waals surface area contributed by atoms with E-state index in [1.54, 1.807) is 0 Å². The monoisotopic (exact) mass is 352 g/mol. The van der Waals surface area contributed by atoms with Crippen LogP contribution in [0.2, 0.25) is 0 Å². The fourth-order valence-electron chi connectivity index (χ4n) is 3.99. The number of piperidine rings is 1. The number of halogens is 2. The van der Waals surface area contributed by atoms with Crippen molar-refractivity contribution in [3.8, 4) is 0 Å². The molecule has 2 N–H and O–H groups in total. The molecule has 0 spiro atoms. The molecule has 1 aromatic carbocycles. The molecule has 0 aliphatic carbocycles. The van der Waals surface area contributed by atoms with Crippen LogP contribution in [-0.4, -0.2) is 43.7 Å². The fraction of sp³-hybridized carbons (Fsp3) is 0.632. The van der Waals surface area contributed by atoms with Gasteiger partial charge in [0.1, 0.15) is 11.6 Å². The van der Waals surface area contributed by atoms with E-state index in [1.807, 2.05) is 0 Å². The minimum atomic E-state index is -0.848. The van der Waals surface area contributed by atoms with Crippen molar-refractivity contribution in [1.29, 1.82) is 0 Å². The van der Waals surface area contributed by atoms with Crippen LogP contribution in [0.5, 0.6) is 0 Å². The predicted molar refractivity (Wildman–Crippen MR) is 91.6 cm³/mol. The summed E-state index contributed by atoms with van der Waals surface area (Å²) in [7, 11) is 0. The third kappa shape index (κ3) is 4.01. The minimum Gasteiger partial charge on any atom is -0.381 e. The lowest BCUT2D eigenvalue weighted by Crippen LogP contribution is -2.38. The maximum absolute atomic E-state index is 14.5. The molecule has 2 aliphatic rings. The van der Waals surface area contributed by atoms with Gasteiger partial charge >= 0.3 is 0 Å². The molecular formula is C19H26F2N2O2. The van der Waals surface area contributed by atoms with Gasteiger partial charge in [-0.25, -0.2) is 8.78 Å². The number of likely N-dealkylation sites (tertiary alicyclic amines) is 1. The van der Waals surface area contributed by atoms with Crippen LogP contribution in [0.25, 0.3) is 0 Å². The Hall–Kier alpha value is -1.53. The minimum absolute atomic E-state index is 0.00309. The molecule has 1 amide bonds. The van der Waals surface area contributed by atoms with Crippen LogP contribution in [-0.2, 0) is 4.74 Å². The molecule has 0 bridgehead atoms. The third-order valence-electron chi connectivity index (χ3n) is 5.60. The third-order valence-corrected chi connectivity index (χ3v) is 5.60. The quantitative estimate of drug-likeness (QED) is 0.906. The average molecular weight is 352 g/mol. The first-order valence-electron chi connectivity index (χ1n) is 9.05. The lowest BCUT2D eigenvalue weighted by atomic mass is 9.86. The van der Waals surface area contributed by atoms with E-state index in [4.69, 9.17) is 10.5 Å². The molecule has 6 heteroatoms. The summed E-state index contributed by atoms with van der Waals surface area (Å²) >= 11 is 0. The second kappa shape index (κ2) is 7.79. The van der Waals surface area contributed by atoms with Crippen LogP contribution >= 0.6 is 0 Å². The fourth-order valence-corrected chi connectivity index (χ4v) is 3.99. The van der Waals surface area contributed by atoms with Gasteiger partial charge in [0.2, 0.25) is 0 Å². The summed E-state index contributed by atoms with van der Waals surface area (Å²) < 4.78 is 34.0. The van der Waals surface area contributed by atoms with Gasteiger partial charge in [0.05, 0.1) is 5.56 Å². The molecule has 2 heterocycles. The van der Waals surface area contributed by atoms with Gasteiger partial charge in [-0.15, -0.1) is 0 Å². The van der Waals surface area contributed by atoms with Crippen molar-refractivity contribution in [1.82, 2.24) is 4.90 Å². The Morgan fingerprint density at radius 2 is 1.84 bits per heavy atom. The molecule has 2 aliphatic heterocycles. The van der Waals surface area contributed by atoms with Gasteiger partial charge in [0, 0.05) is 25.3 Å². The summed E-state index contributed by atoms with van der Waals surface area (Å²) in [6.45, 7) is 5.90. The number of carbonyl (C=O) groups is 1. The van der Waals surface area contributed by atoms with Crippen LogP contribution in [0.1, 0.15) is 53.1 Å². The van der Waals surface area contributed by atoms with Crippen molar-refractivity contribution in [3.63, 3.8) is 0 Å². The smallest absolute Gasteiger partial charge is 0.251 e. The highest BCUT2D eigenvalue weighted by Crippen LogP contribution is 2.33. The molecule has 2 fully saturated rings. The first kappa shape index (κ1) is 18.3. The van der Waals surface area contributed by atoms with E-state index in [1.165, 1.54) is 13.0 Å². The van der Waals surface area contributed by atoms with Crippen LogP contribution < -0.4 is 5.73 Å². The Morgan fingerprint density at radius 3 is 2.44 bits per heavy atom. The maximum atomic E-state index is 14.5. The van der Waals surface area contributed by atoms with Crippen LogP contribution in [0.4, 0.5) is 8.78 Å². The number of amides is 1. The number of hydrogen-bond acceptors (Lipinski definition) is 3. The lowest BCUT2D eigenvalue weighted by Gasteiger charge is -2.35. The van der Waals surface area contributed by atoms with Gasteiger partial charge in [-0.3, -0.25) is 4.79 Å². The van der Waals surface area contributed by atoms with Crippen LogP contribution in [0, 0.1) is 24.5 Å². The zero-order valence-corrected chi connectivity index (χ0v) is 14.7. The summed E-state index contributed by atoms with van der Waals surface area (Å²) in [6, 6.07) is 1.32. The zero-order valence-electron chi connectivity index (χ0n) is 14.7. The van der Waals surface area contributed by atoms with Crippen molar-refractivity contribution in [2.75, 3.05) is 32.8 Å². The Labute approximate surface area is 147 Å². The molecule has 0 atom stereocenters. The first-order valence-corrected chi connectivity index (χ1v) is 9.05. The van der Waals surface area contributed by atoms with Gasteiger partial charge in [0.25, 0.3) is 5.91 Å². The standard InChI is InChI=1S/C19H26F2N2O2/c1-12-17(20)15(10-16(18(12)21)19(22)24)14-2-6-23(7-3-14)11-13-4-8-25-9-5-13/h10,13-14H,2-9,11H2,1H3,(H2,22,24). The molecule has 0 unspecified atom stereocenters. The predicted octanol–water partition coefficient (Wildman–Crippen LogP) is 2.98. The van der Waals surface area contributed by atoms with Gasteiger partial charge in [0.15, 0.2) is 0 Å². The van der Waals surface area contributed by atoms with Gasteiger partial charge in [-0.2, -0.15) is 0 Å². The molecule has 4 nitrogen and oxygen atoms in total. The van der Waals surface area contributed by atoms with E-state index in [-0.39, 0.29) is 17.0 Å². The molecule has 1 aromatic rings. The number of carbonyl (C=O) groups excluding carboxylic acids is 1. The van der Waals surface area contributed by atoms with E-state index in [2.05, 4.69) is 4.90 Å². The molecule has 25 heavy (non-hydrogen) atoms. The Kier molecular flexibility index (Phi) is 5.69. The van der Waals surface area contributed by atoms with Crippen molar-refractivity contribution >= 4 is 5.91 Å². The number of rotatable bonds is 4. The molecule has 3 rings (SSSR count). The second-order valence-corrected chi connectivity index (χ2v) is 7.26. The molecule has 0 saturated carbocycles. The van der Waals surface area contributed by atoms with Crippen molar-refractivity contribution in [2.45, 2.75) is 38.5 Å². The highest BCUT2D eigenvalue weighted by atomic mass is 19.1. The van der Waals surface area contributed by atoms with Gasteiger partial charge in [-0.05, 0) is 69.2 Å². The molecule has 0 aromatic heterocycles. The molecule has 138 valence electrons. The Balaban J connectivity index is 1.67. The summed E-state index contributed by atoms with van der Waals surface area (Å²) in [6.07, 6.45) is 3.83. The normalized spacial score (nSPS) is 20.8. The van der Waals surface area contributed by atoms with E-state index in [0.717, 1.165) is 58.5 Å². The van der Waals surface area contributed by atoms with E-state index in [0.29, 0.717) is 11.5 Å². The second-order valence-electron chi connectivity index (χ2n) is 7.26. The maximum Gasteiger partial charge on any atom is 0.251 e. The molecule has 0 radical (unpaired) electrons. The van der Waals surface area contributed by atoms with Crippen LogP contribution in [0.3, 0.4) is 0 Å². The number of ether oxygens (including phenoxy) is 1. The van der Waals surface area contributed by atoms with E-state index >= 15 is 0 Å². The SMILES string of the molecule is Cc1c(F)c(C(N)=O)cc(C2CCN(CC3CCOCC3)CC2)c1F. The first-order chi connectivity index (χ1) is 12.0. The number of nitrogens with zero attached hydrogens (tertiary/aromatic N) is 1. The Bertz CT molecular complexity index is 637. The van der Waals surface area contributed by atoms with Crippen molar-refractivity contribution in [3.05, 3.63) is 34.4 Å². The largest absolute Gasteiger partial charge is 0.381 e. The lowest BCUT2D eigenvalue weighted by molar-refractivity contribution is 0.0487. The van der Waals surface area contributed by atoms with Crippen molar-refractivity contribution < 1.29 is 18.3 Å². The van der Waals surface area contributed by atoms with Crippen molar-refractivity contribution in [2.24, 2.45) is 11.7 Å². The van der Waals surface area contributed by atoms with E-state index in [9.17, 15) is 13.6 Å². The molecular weight excluding hydrogens is 326 g/mol. The number of hydrogen-bond donors (Lipinski definition) is 1. The average Bonchev–Trinajstić information content (AvgIpc) is 2.61. The number of benzene rings is 1. The Morgan fingerprint density at radius 1 is 1.20 bits per heavy atom.